The van der Waals surface area contributed by atoms with Gasteiger partial charge >= 0.3 is 0 Å². The predicted octanol–water partition coefficient (Wildman–Crippen LogP) is 2.56. The highest BCUT2D eigenvalue weighted by atomic mass is 32.2. The minimum absolute atomic E-state index is 0.283. The van der Waals surface area contributed by atoms with Gasteiger partial charge in [-0.25, -0.2) is 4.39 Å². The molecule has 17 heavy (non-hydrogen) atoms. The van der Waals surface area contributed by atoms with E-state index in [-0.39, 0.29) is 5.82 Å². The Morgan fingerprint density at radius 2 is 2.29 bits per heavy atom. The molecule has 0 amide bonds. The molecule has 2 aromatic rings. The number of thioether (sulfide) groups is 1. The lowest BCUT2D eigenvalue weighted by molar-refractivity contribution is 0.411. The van der Waals surface area contributed by atoms with Crippen LogP contribution in [0.1, 0.15) is 5.56 Å². The Morgan fingerprint density at radius 1 is 1.47 bits per heavy atom. The van der Waals surface area contributed by atoms with Gasteiger partial charge in [-0.3, -0.25) is 0 Å². The van der Waals surface area contributed by atoms with Crippen molar-refractivity contribution in [2.75, 3.05) is 12.8 Å². The summed E-state index contributed by atoms with van der Waals surface area (Å²) in [5, 5.41) is 7.96. The summed E-state index contributed by atoms with van der Waals surface area (Å²) in [6.45, 7) is 0. The average Bonchev–Trinajstić information content (AvgIpc) is 2.73. The molecule has 4 nitrogen and oxygen atoms in total. The summed E-state index contributed by atoms with van der Waals surface area (Å²) >= 11 is 2.70. The zero-order valence-corrected chi connectivity index (χ0v) is 10.6. The van der Waals surface area contributed by atoms with Crippen LogP contribution >= 0.6 is 23.1 Å². The van der Waals surface area contributed by atoms with E-state index >= 15 is 0 Å². The van der Waals surface area contributed by atoms with Crippen molar-refractivity contribution in [2.24, 2.45) is 0 Å². The van der Waals surface area contributed by atoms with Crippen molar-refractivity contribution in [1.82, 2.24) is 10.2 Å². The standard InChI is InChI=1S/C10H10FN3OS2/c1-15-7-3-2-6(8(11)4-7)5-16-10-14-13-9(12)17-10/h2-4H,5H2,1H3,(H2,12,13). The zero-order valence-electron chi connectivity index (χ0n) is 9.01. The molecule has 0 unspecified atom stereocenters. The SMILES string of the molecule is COc1ccc(CSc2nnc(N)s2)c(F)c1. The molecule has 0 spiro atoms. The van der Waals surface area contributed by atoms with Crippen LogP contribution in [-0.4, -0.2) is 17.3 Å². The molecule has 0 saturated carbocycles. The predicted molar refractivity (Wildman–Crippen MR) is 66.8 cm³/mol. The monoisotopic (exact) mass is 271 g/mol. The maximum absolute atomic E-state index is 13.6. The third kappa shape index (κ3) is 3.07. The number of nitrogens with zero attached hydrogens (tertiary/aromatic N) is 2. The molecule has 0 atom stereocenters. The van der Waals surface area contributed by atoms with Gasteiger partial charge in [-0.05, 0) is 11.6 Å². The van der Waals surface area contributed by atoms with Gasteiger partial charge in [0.15, 0.2) is 4.34 Å². The molecule has 0 aliphatic rings. The number of hydrogen-bond acceptors (Lipinski definition) is 6. The van der Waals surface area contributed by atoms with Gasteiger partial charge in [0.25, 0.3) is 0 Å². The van der Waals surface area contributed by atoms with E-state index in [1.165, 1.54) is 36.3 Å². The Labute approximate surface area is 106 Å². The van der Waals surface area contributed by atoms with Crippen LogP contribution in [0.2, 0.25) is 0 Å². The molecule has 1 heterocycles. The van der Waals surface area contributed by atoms with E-state index in [0.29, 0.717) is 22.2 Å². The lowest BCUT2D eigenvalue weighted by Crippen LogP contribution is -1.90. The summed E-state index contributed by atoms with van der Waals surface area (Å²) in [7, 11) is 1.51. The van der Waals surface area contributed by atoms with Crippen LogP contribution in [0.3, 0.4) is 0 Å². The highest BCUT2D eigenvalue weighted by Gasteiger charge is 2.07. The maximum atomic E-state index is 13.6. The minimum atomic E-state index is -0.283. The smallest absolute Gasteiger partial charge is 0.203 e. The molecule has 0 fully saturated rings. The van der Waals surface area contributed by atoms with Gasteiger partial charge in [0.2, 0.25) is 5.13 Å². The Hall–Kier alpha value is -1.34. The fourth-order valence-corrected chi connectivity index (χ4v) is 2.81. The van der Waals surface area contributed by atoms with Crippen molar-refractivity contribution in [2.45, 2.75) is 10.1 Å². The van der Waals surface area contributed by atoms with E-state index in [1.807, 2.05) is 0 Å². The van der Waals surface area contributed by atoms with E-state index in [9.17, 15) is 4.39 Å². The number of rotatable bonds is 4. The number of ether oxygens (including phenoxy) is 1. The Kier molecular flexibility index (Phi) is 3.80. The van der Waals surface area contributed by atoms with Crippen molar-refractivity contribution in [3.05, 3.63) is 29.6 Å². The molecule has 0 saturated heterocycles. The van der Waals surface area contributed by atoms with Crippen molar-refractivity contribution in [1.29, 1.82) is 0 Å². The minimum Gasteiger partial charge on any atom is -0.497 e. The van der Waals surface area contributed by atoms with Crippen LogP contribution < -0.4 is 10.5 Å². The molecule has 2 N–H and O–H groups in total. The molecule has 0 aliphatic carbocycles. The third-order valence-corrected chi connectivity index (χ3v) is 3.97. The molecular weight excluding hydrogens is 261 g/mol. The lowest BCUT2D eigenvalue weighted by Gasteiger charge is -2.04. The number of nitrogens with two attached hydrogens (primary N) is 1. The molecule has 90 valence electrons. The first-order valence-corrected chi connectivity index (χ1v) is 6.53. The average molecular weight is 271 g/mol. The van der Waals surface area contributed by atoms with Crippen LogP contribution in [0, 0.1) is 5.82 Å². The molecule has 1 aromatic carbocycles. The maximum Gasteiger partial charge on any atom is 0.203 e. The number of anilines is 1. The van der Waals surface area contributed by atoms with E-state index < -0.39 is 0 Å². The number of hydrogen-bond donors (Lipinski definition) is 1. The summed E-state index contributed by atoms with van der Waals surface area (Å²) in [6, 6.07) is 4.79. The molecule has 2 rings (SSSR count). The van der Waals surface area contributed by atoms with Gasteiger partial charge in [-0.2, -0.15) is 0 Å². The quantitative estimate of drug-likeness (QED) is 0.866. The van der Waals surface area contributed by atoms with E-state index in [2.05, 4.69) is 10.2 Å². The second-order valence-corrected chi connectivity index (χ2v) is 5.38. The third-order valence-electron chi connectivity index (χ3n) is 2.03. The van der Waals surface area contributed by atoms with E-state index in [4.69, 9.17) is 10.5 Å². The highest BCUT2D eigenvalue weighted by molar-refractivity contribution is 8.00. The van der Waals surface area contributed by atoms with Crippen LogP contribution in [0.25, 0.3) is 0 Å². The molecule has 0 aliphatic heterocycles. The van der Waals surface area contributed by atoms with E-state index in [0.717, 1.165) is 4.34 Å². The Bertz CT molecular complexity index is 518. The number of aromatic nitrogens is 2. The molecule has 7 heteroatoms. The first kappa shape index (κ1) is 12.1. The van der Waals surface area contributed by atoms with Gasteiger partial charge in [-0.1, -0.05) is 29.2 Å². The normalized spacial score (nSPS) is 10.5. The fraction of sp³-hybridized carbons (Fsp3) is 0.200. The van der Waals surface area contributed by atoms with Crippen LogP contribution in [0.15, 0.2) is 22.5 Å². The van der Waals surface area contributed by atoms with Crippen molar-refractivity contribution in [3.63, 3.8) is 0 Å². The number of halogens is 1. The second-order valence-electron chi connectivity index (χ2n) is 3.15. The van der Waals surface area contributed by atoms with Gasteiger partial charge in [0.1, 0.15) is 11.6 Å². The summed E-state index contributed by atoms with van der Waals surface area (Å²) in [6.07, 6.45) is 0. The largest absolute Gasteiger partial charge is 0.497 e. The summed E-state index contributed by atoms with van der Waals surface area (Å²) < 4.78 is 19.3. The molecule has 0 radical (unpaired) electrons. The number of nitrogen functional groups attached to an aromatic ring is 1. The van der Waals surface area contributed by atoms with Crippen LogP contribution in [0.4, 0.5) is 9.52 Å². The van der Waals surface area contributed by atoms with Gasteiger partial charge in [-0.15, -0.1) is 10.2 Å². The summed E-state index contributed by atoms with van der Waals surface area (Å²) in [5.74, 6) is 0.718. The Morgan fingerprint density at radius 3 is 2.88 bits per heavy atom. The van der Waals surface area contributed by atoms with Gasteiger partial charge in [0, 0.05) is 11.8 Å². The highest BCUT2D eigenvalue weighted by Crippen LogP contribution is 2.28. The summed E-state index contributed by atoms with van der Waals surface area (Å²) in [4.78, 5) is 0. The van der Waals surface area contributed by atoms with Gasteiger partial charge < -0.3 is 10.5 Å². The zero-order chi connectivity index (χ0) is 12.3. The second kappa shape index (κ2) is 5.33. The number of methoxy groups -OCH3 is 1. The van der Waals surface area contributed by atoms with Crippen LogP contribution in [0.5, 0.6) is 5.75 Å². The molecule has 1 aromatic heterocycles. The molecule has 0 bridgehead atoms. The van der Waals surface area contributed by atoms with Crippen molar-refractivity contribution in [3.8, 4) is 5.75 Å². The first-order valence-electron chi connectivity index (χ1n) is 4.73. The topological polar surface area (TPSA) is 61.0 Å². The van der Waals surface area contributed by atoms with E-state index in [1.54, 1.807) is 12.1 Å². The van der Waals surface area contributed by atoms with Gasteiger partial charge in [0.05, 0.1) is 7.11 Å². The van der Waals surface area contributed by atoms with Crippen molar-refractivity contribution < 1.29 is 9.13 Å². The fourth-order valence-electron chi connectivity index (χ4n) is 1.19. The number of benzene rings is 1. The van der Waals surface area contributed by atoms with Crippen LogP contribution in [-0.2, 0) is 5.75 Å². The summed E-state index contributed by atoms with van der Waals surface area (Å²) in [5.41, 5.74) is 6.06. The lowest BCUT2D eigenvalue weighted by atomic mass is 10.2. The molecular formula is C10H10FN3OS2. The Balaban J connectivity index is 2.04. The first-order chi connectivity index (χ1) is 8.19. The van der Waals surface area contributed by atoms with Crippen molar-refractivity contribution >= 4 is 28.2 Å².